The molecule has 3 heterocycles. The van der Waals surface area contributed by atoms with Gasteiger partial charge in [-0.25, -0.2) is 0 Å². The molecule has 0 spiro atoms. The van der Waals surface area contributed by atoms with Gasteiger partial charge in [0.05, 0.1) is 11.6 Å². The van der Waals surface area contributed by atoms with Crippen LogP contribution in [0.2, 0.25) is 0 Å². The third kappa shape index (κ3) is 6.14. The van der Waals surface area contributed by atoms with Crippen LogP contribution < -0.4 is 16.0 Å². The molecule has 9 nitrogen and oxygen atoms in total. The van der Waals surface area contributed by atoms with Crippen molar-refractivity contribution in [2.45, 2.75) is 43.6 Å². The van der Waals surface area contributed by atoms with Crippen molar-refractivity contribution < 1.29 is 14.7 Å². The fourth-order valence-electron chi connectivity index (χ4n) is 6.61. The van der Waals surface area contributed by atoms with E-state index in [4.69, 9.17) is 16.6 Å². The van der Waals surface area contributed by atoms with Gasteiger partial charge in [0, 0.05) is 61.4 Å². The summed E-state index contributed by atoms with van der Waals surface area (Å²) >= 11 is 0. The van der Waals surface area contributed by atoms with Gasteiger partial charge in [0.25, 0.3) is 0 Å². The Hall–Kier alpha value is -4.76. The Morgan fingerprint density at radius 1 is 0.886 bits per heavy atom. The third-order valence-corrected chi connectivity index (χ3v) is 9.26. The lowest BCUT2D eigenvalue weighted by atomic mass is 9.85. The molecule has 0 aliphatic carbocycles. The number of carbonyl (C=O) groups excluding carboxylic acids is 2. The number of nitrogens with one attached hydrogen (secondary N) is 3. The summed E-state index contributed by atoms with van der Waals surface area (Å²) in [5.74, 6) is -0.212. The van der Waals surface area contributed by atoms with Gasteiger partial charge in [-0.15, -0.1) is 0 Å². The molecule has 3 aromatic carbocycles. The number of imide groups is 1. The van der Waals surface area contributed by atoms with Gasteiger partial charge in [0.15, 0.2) is 0 Å². The number of phenols is 1. The molecule has 44 heavy (non-hydrogen) atoms. The summed E-state index contributed by atoms with van der Waals surface area (Å²) in [6.07, 6.45) is 4.70. The summed E-state index contributed by atoms with van der Waals surface area (Å²) in [6.45, 7) is 4.04. The summed E-state index contributed by atoms with van der Waals surface area (Å²) in [6, 6.07) is 23.6. The van der Waals surface area contributed by atoms with E-state index >= 15 is 0 Å². The van der Waals surface area contributed by atoms with Crippen LogP contribution in [-0.4, -0.2) is 65.6 Å². The molecular weight excluding hydrogens is 552 g/mol. The van der Waals surface area contributed by atoms with Crippen LogP contribution in [0.25, 0.3) is 5.57 Å². The fraction of sp³-hybridized carbons (Fsp3) is 0.314. The van der Waals surface area contributed by atoms with Gasteiger partial charge in [0.2, 0.25) is 11.8 Å². The van der Waals surface area contributed by atoms with Crippen LogP contribution in [0.4, 0.5) is 5.69 Å². The Morgan fingerprint density at radius 3 is 2.18 bits per heavy atom. The third-order valence-electron chi connectivity index (χ3n) is 9.26. The molecule has 3 saturated heterocycles. The summed E-state index contributed by atoms with van der Waals surface area (Å²) in [4.78, 5) is 28.6. The Morgan fingerprint density at radius 2 is 1.55 bits per heavy atom. The number of amides is 2. The van der Waals surface area contributed by atoms with Crippen LogP contribution in [0.5, 0.6) is 5.75 Å². The van der Waals surface area contributed by atoms with Crippen molar-refractivity contribution in [3.8, 4) is 5.75 Å². The number of hydrogen-bond donors (Lipinski definition) is 5. The van der Waals surface area contributed by atoms with E-state index < -0.39 is 0 Å². The van der Waals surface area contributed by atoms with Crippen LogP contribution in [0.15, 0.2) is 78.9 Å². The first-order valence-corrected chi connectivity index (χ1v) is 15.2. The highest BCUT2D eigenvalue weighted by Gasteiger charge is 2.35. The number of amidine groups is 1. The maximum absolute atomic E-state index is 12.2. The SMILES string of the molecule is N=C(N)/C(=C\C(=N)c1ccccc1O)c1ccc(N2CCC(N3CC(c4ccc(C5CCC(=O)NC5=O)cc4)C3)CC2)cc1. The minimum absolute atomic E-state index is 0.0184. The van der Waals surface area contributed by atoms with Crippen LogP contribution in [0, 0.1) is 10.8 Å². The molecule has 226 valence electrons. The highest BCUT2D eigenvalue weighted by atomic mass is 16.3. The number of hydrogen-bond acceptors (Lipinski definition) is 7. The molecular formula is C35H38N6O3. The molecule has 1 unspecified atom stereocenters. The molecule has 3 aromatic rings. The Labute approximate surface area is 257 Å². The normalized spacial score (nSPS) is 20.2. The molecule has 0 bridgehead atoms. The Balaban J connectivity index is 1.01. The fourth-order valence-corrected chi connectivity index (χ4v) is 6.61. The molecule has 0 radical (unpaired) electrons. The first-order chi connectivity index (χ1) is 21.3. The van der Waals surface area contributed by atoms with E-state index in [0.717, 1.165) is 55.8 Å². The molecule has 0 saturated carbocycles. The van der Waals surface area contributed by atoms with Gasteiger partial charge in [0.1, 0.15) is 11.6 Å². The maximum atomic E-state index is 12.2. The Bertz CT molecular complexity index is 1600. The second kappa shape index (κ2) is 12.5. The topological polar surface area (TPSA) is 147 Å². The van der Waals surface area contributed by atoms with E-state index in [1.807, 2.05) is 24.3 Å². The van der Waals surface area contributed by atoms with Crippen LogP contribution in [0.3, 0.4) is 0 Å². The number of nitrogens with zero attached hydrogens (tertiary/aromatic N) is 2. The van der Waals surface area contributed by atoms with Crippen molar-refractivity contribution in [2.75, 3.05) is 31.1 Å². The molecule has 0 aromatic heterocycles. The number of aromatic hydroxyl groups is 1. The van der Waals surface area contributed by atoms with Crippen molar-refractivity contribution in [1.82, 2.24) is 10.2 Å². The van der Waals surface area contributed by atoms with Gasteiger partial charge < -0.3 is 21.1 Å². The second-order valence-electron chi connectivity index (χ2n) is 12.0. The molecule has 3 aliphatic rings. The quantitative estimate of drug-likeness (QED) is 0.150. The number of likely N-dealkylation sites (tertiary alicyclic amines) is 1. The largest absolute Gasteiger partial charge is 0.507 e. The van der Waals surface area contributed by atoms with Crippen molar-refractivity contribution in [1.29, 1.82) is 10.8 Å². The van der Waals surface area contributed by atoms with E-state index in [2.05, 4.69) is 39.4 Å². The number of phenolic OH excluding ortho intramolecular Hbond substituents is 1. The number of allylic oxidation sites excluding steroid dienone is 1. The number of benzene rings is 3. The zero-order valence-electron chi connectivity index (χ0n) is 24.6. The van der Waals surface area contributed by atoms with Gasteiger partial charge in [-0.05, 0) is 66.3 Å². The van der Waals surface area contributed by atoms with E-state index in [1.165, 1.54) is 17.7 Å². The summed E-state index contributed by atoms with van der Waals surface area (Å²) < 4.78 is 0. The van der Waals surface area contributed by atoms with Gasteiger partial charge in [-0.1, -0.05) is 48.5 Å². The molecule has 6 rings (SSSR count). The maximum Gasteiger partial charge on any atom is 0.234 e. The molecule has 1 atom stereocenters. The smallest absolute Gasteiger partial charge is 0.234 e. The van der Waals surface area contributed by atoms with E-state index in [1.54, 1.807) is 18.2 Å². The molecule has 3 aliphatic heterocycles. The lowest BCUT2D eigenvalue weighted by Crippen LogP contribution is -2.54. The monoisotopic (exact) mass is 590 g/mol. The number of para-hydroxylation sites is 1. The summed E-state index contributed by atoms with van der Waals surface area (Å²) in [7, 11) is 0. The highest BCUT2D eigenvalue weighted by molar-refractivity contribution is 6.27. The lowest BCUT2D eigenvalue weighted by Gasteiger charge is -2.47. The number of rotatable bonds is 8. The molecule has 3 fully saturated rings. The molecule has 9 heteroatoms. The highest BCUT2D eigenvalue weighted by Crippen LogP contribution is 2.34. The zero-order chi connectivity index (χ0) is 30.8. The number of anilines is 1. The number of piperidine rings is 2. The number of nitrogens with two attached hydrogens (primary N) is 1. The van der Waals surface area contributed by atoms with Crippen LogP contribution in [0.1, 0.15) is 59.8 Å². The second-order valence-corrected chi connectivity index (χ2v) is 12.0. The Kier molecular flexibility index (Phi) is 8.30. The summed E-state index contributed by atoms with van der Waals surface area (Å²) in [5.41, 5.74) is 11.0. The van der Waals surface area contributed by atoms with Crippen molar-refractivity contribution in [3.63, 3.8) is 0 Å². The number of carbonyl (C=O) groups is 2. The van der Waals surface area contributed by atoms with E-state index in [0.29, 0.717) is 35.9 Å². The van der Waals surface area contributed by atoms with Crippen molar-refractivity contribution in [2.24, 2.45) is 5.73 Å². The van der Waals surface area contributed by atoms with Crippen LogP contribution in [-0.2, 0) is 9.59 Å². The molecule has 6 N–H and O–H groups in total. The first-order valence-electron chi connectivity index (χ1n) is 15.2. The molecule has 2 amide bonds. The van der Waals surface area contributed by atoms with Gasteiger partial charge in [-0.2, -0.15) is 0 Å². The standard InChI is InChI=1S/C35H38N6O3/c36-31(29-3-1-2-4-32(29)42)19-30(34(37)38)24-9-11-26(12-10-24)40-17-15-27(16-18-40)41-20-25(21-41)22-5-7-23(8-6-22)28-13-14-33(43)39-35(28)44/h1-12,19,25,27-28,36,42H,13-18,20-21H2,(H3,37,38)(H,39,43,44)/b30-19-,36-31?. The average Bonchev–Trinajstić information content (AvgIpc) is 3.00. The van der Waals surface area contributed by atoms with Gasteiger partial charge >= 0.3 is 0 Å². The minimum Gasteiger partial charge on any atom is -0.507 e. The predicted molar refractivity (Wildman–Crippen MR) is 172 cm³/mol. The van der Waals surface area contributed by atoms with E-state index in [-0.39, 0.29) is 35.0 Å². The van der Waals surface area contributed by atoms with Crippen molar-refractivity contribution >= 4 is 34.6 Å². The van der Waals surface area contributed by atoms with Gasteiger partial charge in [-0.3, -0.25) is 25.2 Å². The zero-order valence-corrected chi connectivity index (χ0v) is 24.6. The minimum atomic E-state index is -0.238. The lowest BCUT2D eigenvalue weighted by molar-refractivity contribution is -0.134. The van der Waals surface area contributed by atoms with E-state index in [9.17, 15) is 14.7 Å². The van der Waals surface area contributed by atoms with Crippen LogP contribution >= 0.6 is 0 Å². The average molecular weight is 591 g/mol. The summed E-state index contributed by atoms with van der Waals surface area (Å²) in [5, 5.41) is 29.0. The van der Waals surface area contributed by atoms with Crippen molar-refractivity contribution in [3.05, 3.63) is 101 Å². The predicted octanol–water partition coefficient (Wildman–Crippen LogP) is 4.37. The first kappa shape index (κ1) is 29.3.